The van der Waals surface area contributed by atoms with Gasteiger partial charge in [0, 0.05) is 23.1 Å². The van der Waals surface area contributed by atoms with E-state index in [2.05, 4.69) is 21.6 Å². The van der Waals surface area contributed by atoms with Crippen LogP contribution in [0.15, 0.2) is 108 Å². The van der Waals surface area contributed by atoms with Crippen LogP contribution in [0, 0.1) is 12.7 Å². The number of unbranched alkanes of at least 4 members (excludes halogenated alkanes) is 1. The second-order valence-corrected chi connectivity index (χ2v) is 11.7. The zero-order valence-corrected chi connectivity index (χ0v) is 24.7. The third-order valence-corrected chi connectivity index (χ3v) is 8.41. The van der Waals surface area contributed by atoms with Gasteiger partial charge in [0.2, 0.25) is 11.1 Å². The van der Waals surface area contributed by atoms with Gasteiger partial charge < -0.3 is 9.88 Å². The lowest BCUT2D eigenvalue weighted by Crippen LogP contribution is -2.29. The number of carbonyl (C=O) groups excluding carboxylic acids is 1. The first-order valence-electron chi connectivity index (χ1n) is 14.5. The zero-order chi connectivity index (χ0) is 29.6. The smallest absolute Gasteiger partial charge is 0.220 e. The number of amides is 1. The van der Waals surface area contributed by atoms with Gasteiger partial charge in [-0.3, -0.25) is 4.79 Å². The number of nitrogens with zero attached hydrogens (tertiary/aromatic N) is 4. The number of nitrogens with one attached hydrogen (secondary N) is 1. The Kier molecular flexibility index (Phi) is 8.75. The lowest BCUT2D eigenvalue weighted by molar-refractivity contribution is -0.121. The van der Waals surface area contributed by atoms with Crippen molar-refractivity contribution >= 4 is 39.7 Å². The maximum absolute atomic E-state index is 14.6. The predicted octanol–water partition coefficient (Wildman–Crippen LogP) is 7.64. The SMILES string of the molecule is Cc1ccc2c(c1)c1nnc(SCCCCC(=O)NC(c3ccccc3)c3ccccc3)nc1n2Cc1ccccc1F. The first-order chi connectivity index (χ1) is 21.1. The van der Waals surface area contributed by atoms with Crippen molar-refractivity contribution in [3.8, 4) is 0 Å². The summed E-state index contributed by atoms with van der Waals surface area (Å²) >= 11 is 1.52. The van der Waals surface area contributed by atoms with Crippen molar-refractivity contribution in [3.63, 3.8) is 0 Å². The average molecular weight is 590 g/mol. The zero-order valence-electron chi connectivity index (χ0n) is 23.9. The molecule has 0 fully saturated rings. The van der Waals surface area contributed by atoms with E-state index in [1.165, 1.54) is 17.8 Å². The summed E-state index contributed by atoms with van der Waals surface area (Å²) in [6.45, 7) is 2.38. The van der Waals surface area contributed by atoms with Gasteiger partial charge in [0.15, 0.2) is 5.65 Å². The molecule has 0 bridgehead atoms. The first kappa shape index (κ1) is 28.6. The number of fused-ring (bicyclic) bond motifs is 3. The largest absolute Gasteiger partial charge is 0.345 e. The van der Waals surface area contributed by atoms with Crippen LogP contribution in [-0.4, -0.2) is 31.4 Å². The summed E-state index contributed by atoms with van der Waals surface area (Å²) in [6.07, 6.45) is 2.01. The third kappa shape index (κ3) is 6.60. The van der Waals surface area contributed by atoms with Crippen molar-refractivity contribution in [2.24, 2.45) is 0 Å². The van der Waals surface area contributed by atoms with Crippen LogP contribution in [-0.2, 0) is 11.3 Å². The fourth-order valence-corrected chi connectivity index (χ4v) is 6.09. The molecule has 6 rings (SSSR count). The molecule has 0 radical (unpaired) electrons. The van der Waals surface area contributed by atoms with Gasteiger partial charge in [-0.2, -0.15) is 0 Å². The van der Waals surface area contributed by atoms with Crippen LogP contribution in [0.25, 0.3) is 22.1 Å². The van der Waals surface area contributed by atoms with Gasteiger partial charge >= 0.3 is 0 Å². The molecule has 2 heterocycles. The van der Waals surface area contributed by atoms with Crippen LogP contribution in [0.1, 0.15) is 47.6 Å². The van der Waals surface area contributed by atoms with Crippen molar-refractivity contribution in [2.45, 2.75) is 43.9 Å². The summed E-state index contributed by atoms with van der Waals surface area (Å²) in [5.74, 6) is 0.535. The summed E-state index contributed by atoms with van der Waals surface area (Å²) in [7, 11) is 0. The van der Waals surface area contributed by atoms with E-state index in [-0.39, 0.29) is 17.8 Å². The molecule has 0 unspecified atom stereocenters. The van der Waals surface area contributed by atoms with Crippen LogP contribution < -0.4 is 5.32 Å². The highest BCUT2D eigenvalue weighted by molar-refractivity contribution is 7.99. The van der Waals surface area contributed by atoms with Crippen molar-refractivity contribution < 1.29 is 9.18 Å². The number of thioether (sulfide) groups is 1. The van der Waals surface area contributed by atoms with Gasteiger partial charge in [-0.15, -0.1) is 10.2 Å². The lowest BCUT2D eigenvalue weighted by Gasteiger charge is -2.20. The summed E-state index contributed by atoms with van der Waals surface area (Å²) in [5, 5.41) is 13.7. The topological polar surface area (TPSA) is 72.7 Å². The number of aromatic nitrogens is 4. The summed E-state index contributed by atoms with van der Waals surface area (Å²) in [6, 6.07) is 32.8. The Morgan fingerprint density at radius 3 is 2.30 bits per heavy atom. The molecule has 0 saturated heterocycles. The molecule has 0 aliphatic heterocycles. The van der Waals surface area contributed by atoms with Gasteiger partial charge in [-0.05, 0) is 49.1 Å². The van der Waals surface area contributed by atoms with Crippen LogP contribution in [0.2, 0.25) is 0 Å². The molecule has 0 aliphatic carbocycles. The maximum Gasteiger partial charge on any atom is 0.220 e. The van der Waals surface area contributed by atoms with Crippen LogP contribution in [0.5, 0.6) is 0 Å². The Hall–Kier alpha value is -4.56. The number of rotatable bonds is 11. The molecular formula is C35H32FN5OS. The molecule has 4 aromatic carbocycles. The highest BCUT2D eigenvalue weighted by Crippen LogP contribution is 2.30. The number of aryl methyl sites for hydroxylation is 1. The number of hydrogen-bond donors (Lipinski definition) is 1. The Bertz CT molecular complexity index is 1820. The van der Waals surface area contributed by atoms with E-state index in [1.54, 1.807) is 12.1 Å². The van der Waals surface area contributed by atoms with Crippen molar-refractivity contribution in [2.75, 3.05) is 5.75 Å². The highest BCUT2D eigenvalue weighted by Gasteiger charge is 2.18. The number of benzene rings is 4. The first-order valence-corrected chi connectivity index (χ1v) is 15.4. The van der Waals surface area contributed by atoms with Gasteiger partial charge in [-0.1, -0.05) is 102 Å². The molecule has 216 valence electrons. The van der Waals surface area contributed by atoms with Crippen LogP contribution in [0.3, 0.4) is 0 Å². The Morgan fingerprint density at radius 2 is 1.58 bits per heavy atom. The van der Waals surface area contributed by atoms with Crippen LogP contribution in [0.4, 0.5) is 4.39 Å². The Labute approximate surface area is 254 Å². The van der Waals surface area contributed by atoms with E-state index in [4.69, 9.17) is 4.98 Å². The number of hydrogen-bond acceptors (Lipinski definition) is 5. The molecule has 0 spiro atoms. The number of carbonyl (C=O) groups is 1. The minimum Gasteiger partial charge on any atom is -0.345 e. The molecule has 0 atom stereocenters. The molecule has 1 amide bonds. The summed E-state index contributed by atoms with van der Waals surface area (Å²) < 4.78 is 16.6. The molecule has 1 N–H and O–H groups in total. The van der Waals surface area contributed by atoms with E-state index in [0.717, 1.165) is 46.2 Å². The maximum atomic E-state index is 14.6. The molecule has 8 heteroatoms. The molecule has 0 saturated carbocycles. The standard InChI is InChI=1S/C35H32FN5OS/c1-24-19-20-30-28(22-24)33-34(41(30)23-27-16-8-9-17-29(27)36)38-35(40-39-33)43-21-11-10-18-31(42)37-32(25-12-4-2-5-13-25)26-14-6-3-7-15-26/h2-9,12-17,19-20,22,32H,10-11,18,21,23H2,1H3,(H,37,42). The van der Waals surface area contributed by atoms with Gasteiger partial charge in [0.25, 0.3) is 0 Å². The molecule has 0 aliphatic rings. The van der Waals surface area contributed by atoms with Gasteiger partial charge in [0.1, 0.15) is 11.3 Å². The quantitative estimate of drug-likeness (QED) is 0.124. The van der Waals surface area contributed by atoms with E-state index in [0.29, 0.717) is 34.8 Å². The van der Waals surface area contributed by atoms with Crippen molar-refractivity contribution in [1.82, 2.24) is 25.1 Å². The van der Waals surface area contributed by atoms with Crippen molar-refractivity contribution in [3.05, 3.63) is 131 Å². The second-order valence-electron chi connectivity index (χ2n) is 10.6. The van der Waals surface area contributed by atoms with Crippen molar-refractivity contribution in [1.29, 1.82) is 0 Å². The molecule has 43 heavy (non-hydrogen) atoms. The third-order valence-electron chi connectivity index (χ3n) is 7.49. The van der Waals surface area contributed by atoms with E-state index in [1.807, 2.05) is 90.4 Å². The fraction of sp³-hybridized carbons (Fsp3) is 0.200. The summed E-state index contributed by atoms with van der Waals surface area (Å²) in [4.78, 5) is 17.8. The lowest BCUT2D eigenvalue weighted by atomic mass is 9.98. The second kappa shape index (κ2) is 13.2. The fourth-order valence-electron chi connectivity index (χ4n) is 5.31. The number of halogens is 1. The molecule has 2 aromatic heterocycles. The predicted molar refractivity (Wildman–Crippen MR) is 171 cm³/mol. The van der Waals surface area contributed by atoms with Crippen LogP contribution >= 0.6 is 11.8 Å². The van der Waals surface area contributed by atoms with Gasteiger partial charge in [-0.25, -0.2) is 9.37 Å². The molecule has 6 aromatic rings. The summed E-state index contributed by atoms with van der Waals surface area (Å²) in [5.41, 5.74) is 6.16. The molecule has 6 nitrogen and oxygen atoms in total. The minimum absolute atomic E-state index is 0.0231. The van der Waals surface area contributed by atoms with Gasteiger partial charge in [0.05, 0.1) is 18.1 Å². The normalized spacial score (nSPS) is 11.4. The Morgan fingerprint density at radius 1 is 0.884 bits per heavy atom. The Balaban J connectivity index is 1.10. The van der Waals surface area contributed by atoms with E-state index < -0.39 is 0 Å². The van der Waals surface area contributed by atoms with E-state index in [9.17, 15) is 9.18 Å². The van der Waals surface area contributed by atoms with E-state index >= 15 is 0 Å². The average Bonchev–Trinajstić information content (AvgIpc) is 3.33. The molecular weight excluding hydrogens is 557 g/mol. The minimum atomic E-state index is -0.246. The monoisotopic (exact) mass is 589 g/mol. The highest BCUT2D eigenvalue weighted by atomic mass is 32.2.